The summed E-state index contributed by atoms with van der Waals surface area (Å²) in [6, 6.07) is 5.77. The van der Waals surface area contributed by atoms with Gasteiger partial charge in [0.2, 0.25) is 15.9 Å². The molecule has 10 heteroatoms. The highest BCUT2D eigenvalue weighted by molar-refractivity contribution is 7.88. The number of hydrogen-bond acceptors (Lipinski definition) is 6. The molecule has 0 saturated carbocycles. The molecular formula is C18H25N5O4S. The summed E-state index contributed by atoms with van der Waals surface area (Å²) in [6.07, 6.45) is 2.66. The number of aromatic nitrogens is 1. The van der Waals surface area contributed by atoms with Gasteiger partial charge in [0.05, 0.1) is 31.2 Å². The molecule has 0 saturated heterocycles. The number of nitriles is 1. The lowest BCUT2D eigenvalue weighted by Crippen LogP contribution is -2.37. The van der Waals surface area contributed by atoms with Crippen molar-refractivity contribution in [2.75, 3.05) is 38.3 Å². The second-order valence-corrected chi connectivity index (χ2v) is 8.50. The maximum absolute atomic E-state index is 12.5. The van der Waals surface area contributed by atoms with Crippen LogP contribution in [0.25, 0.3) is 0 Å². The highest BCUT2D eigenvalue weighted by atomic mass is 32.2. The van der Waals surface area contributed by atoms with Crippen LogP contribution < -0.4 is 10.0 Å². The first-order valence-electron chi connectivity index (χ1n) is 8.67. The first-order chi connectivity index (χ1) is 13.1. The molecule has 28 heavy (non-hydrogen) atoms. The number of rotatable bonds is 9. The highest BCUT2D eigenvalue weighted by Crippen LogP contribution is 2.27. The van der Waals surface area contributed by atoms with Gasteiger partial charge in [-0.3, -0.25) is 9.69 Å². The Morgan fingerprint density at radius 2 is 2.11 bits per heavy atom. The molecule has 0 spiro atoms. The van der Waals surface area contributed by atoms with Crippen molar-refractivity contribution in [3.05, 3.63) is 41.0 Å². The van der Waals surface area contributed by atoms with Gasteiger partial charge in [0.1, 0.15) is 17.6 Å². The molecule has 2 heterocycles. The fraction of sp³-hybridized carbons (Fsp3) is 0.444. The Morgan fingerprint density at radius 1 is 1.39 bits per heavy atom. The standard InChI is InChI=1S/C18H25N5O4S/c1-13-14(2)23(11-15-6-5-9-27-15)18(16(13)10-19)21-17(24)12-22(3)8-7-20-28(4,25)26/h5-6,9,20H,7-8,11-12H2,1-4H3,(H,21,24). The summed E-state index contributed by atoms with van der Waals surface area (Å²) in [7, 11) is -1.55. The molecule has 2 aromatic heterocycles. The summed E-state index contributed by atoms with van der Waals surface area (Å²) in [4.78, 5) is 14.2. The lowest BCUT2D eigenvalue weighted by molar-refractivity contribution is -0.117. The van der Waals surface area contributed by atoms with E-state index in [9.17, 15) is 18.5 Å². The van der Waals surface area contributed by atoms with Crippen molar-refractivity contribution in [1.29, 1.82) is 5.26 Å². The zero-order valence-corrected chi connectivity index (χ0v) is 17.3. The lowest BCUT2D eigenvalue weighted by Gasteiger charge is -2.17. The van der Waals surface area contributed by atoms with Crippen molar-refractivity contribution in [2.45, 2.75) is 20.4 Å². The normalized spacial score (nSPS) is 11.6. The van der Waals surface area contributed by atoms with Crippen molar-refractivity contribution in [3.8, 4) is 6.07 Å². The van der Waals surface area contributed by atoms with E-state index in [-0.39, 0.29) is 19.0 Å². The third-order valence-electron chi connectivity index (χ3n) is 4.36. The molecule has 1 amide bonds. The molecular weight excluding hydrogens is 382 g/mol. The molecule has 0 fully saturated rings. The summed E-state index contributed by atoms with van der Waals surface area (Å²) in [5.74, 6) is 0.847. The third-order valence-corrected chi connectivity index (χ3v) is 5.09. The van der Waals surface area contributed by atoms with Gasteiger partial charge in [-0.25, -0.2) is 13.1 Å². The van der Waals surface area contributed by atoms with Crippen LogP contribution in [0.15, 0.2) is 22.8 Å². The number of nitrogens with zero attached hydrogens (tertiary/aromatic N) is 3. The van der Waals surface area contributed by atoms with Crippen LogP contribution in [0.1, 0.15) is 22.6 Å². The molecule has 0 atom stereocenters. The second-order valence-electron chi connectivity index (χ2n) is 6.66. The van der Waals surface area contributed by atoms with E-state index in [2.05, 4.69) is 16.1 Å². The first kappa shape index (κ1) is 21.7. The summed E-state index contributed by atoms with van der Waals surface area (Å²) >= 11 is 0. The van der Waals surface area contributed by atoms with Crippen molar-refractivity contribution in [1.82, 2.24) is 14.2 Å². The van der Waals surface area contributed by atoms with Crippen molar-refractivity contribution >= 4 is 21.7 Å². The van der Waals surface area contributed by atoms with E-state index < -0.39 is 10.0 Å². The Bertz CT molecular complexity index is 971. The fourth-order valence-electron chi connectivity index (χ4n) is 2.80. The van der Waals surface area contributed by atoms with Crippen LogP contribution >= 0.6 is 0 Å². The van der Waals surface area contributed by atoms with Gasteiger partial charge in [-0.05, 0) is 38.6 Å². The minimum absolute atomic E-state index is 0.0559. The SMILES string of the molecule is Cc1c(C#N)c(NC(=O)CN(C)CCNS(C)(=O)=O)n(Cc2ccco2)c1C. The Morgan fingerprint density at radius 3 is 2.68 bits per heavy atom. The molecule has 0 aliphatic rings. The smallest absolute Gasteiger partial charge is 0.239 e. The maximum Gasteiger partial charge on any atom is 0.239 e. The maximum atomic E-state index is 12.5. The van der Waals surface area contributed by atoms with E-state index in [1.54, 1.807) is 24.3 Å². The molecule has 0 unspecified atom stereocenters. The van der Waals surface area contributed by atoms with E-state index in [0.717, 1.165) is 17.5 Å². The third kappa shape index (κ3) is 5.69. The number of amides is 1. The number of sulfonamides is 1. The van der Waals surface area contributed by atoms with Crippen LogP contribution in [0.5, 0.6) is 0 Å². The van der Waals surface area contributed by atoms with Crippen LogP contribution in [0, 0.1) is 25.2 Å². The van der Waals surface area contributed by atoms with E-state index in [4.69, 9.17) is 4.42 Å². The predicted molar refractivity (Wildman–Crippen MR) is 105 cm³/mol. The number of anilines is 1. The summed E-state index contributed by atoms with van der Waals surface area (Å²) in [5, 5.41) is 12.4. The number of hydrogen-bond donors (Lipinski definition) is 2. The largest absolute Gasteiger partial charge is 0.467 e. The fourth-order valence-corrected chi connectivity index (χ4v) is 3.27. The molecule has 0 bridgehead atoms. The van der Waals surface area contributed by atoms with Crippen LogP contribution in [0.3, 0.4) is 0 Å². The quantitative estimate of drug-likeness (QED) is 0.641. The Balaban J connectivity index is 2.10. The molecule has 9 nitrogen and oxygen atoms in total. The van der Waals surface area contributed by atoms with Gasteiger partial charge in [0, 0.05) is 18.8 Å². The summed E-state index contributed by atoms with van der Waals surface area (Å²) in [5.41, 5.74) is 2.09. The molecule has 0 aliphatic carbocycles. The number of carbonyl (C=O) groups is 1. The molecule has 152 valence electrons. The first-order valence-corrected chi connectivity index (χ1v) is 10.6. The molecule has 2 aromatic rings. The van der Waals surface area contributed by atoms with Gasteiger partial charge in [0.15, 0.2) is 0 Å². The Labute approximate surface area is 165 Å². The van der Waals surface area contributed by atoms with Crippen LogP contribution in [-0.4, -0.2) is 56.7 Å². The number of carbonyl (C=O) groups excluding carboxylic acids is 1. The van der Waals surface area contributed by atoms with Gasteiger partial charge >= 0.3 is 0 Å². The van der Waals surface area contributed by atoms with Crippen molar-refractivity contribution in [3.63, 3.8) is 0 Å². The Hall–Kier alpha value is -2.61. The van der Waals surface area contributed by atoms with Crippen molar-refractivity contribution in [2.24, 2.45) is 0 Å². The van der Waals surface area contributed by atoms with E-state index in [1.165, 1.54) is 0 Å². The summed E-state index contributed by atoms with van der Waals surface area (Å²) < 4.78 is 31.8. The monoisotopic (exact) mass is 407 g/mol. The van der Waals surface area contributed by atoms with Gasteiger partial charge in [-0.1, -0.05) is 0 Å². The van der Waals surface area contributed by atoms with E-state index in [0.29, 0.717) is 30.2 Å². The summed E-state index contributed by atoms with van der Waals surface area (Å²) in [6.45, 7) is 4.75. The minimum atomic E-state index is -3.26. The van der Waals surface area contributed by atoms with Crippen LogP contribution in [0.4, 0.5) is 5.82 Å². The van der Waals surface area contributed by atoms with E-state index >= 15 is 0 Å². The number of likely N-dealkylation sites (N-methyl/N-ethyl adjacent to an activating group) is 1. The number of furan rings is 1. The van der Waals surface area contributed by atoms with Gasteiger partial charge in [-0.15, -0.1) is 0 Å². The van der Waals surface area contributed by atoms with Crippen molar-refractivity contribution < 1.29 is 17.6 Å². The van der Waals surface area contributed by atoms with Crippen LogP contribution in [0.2, 0.25) is 0 Å². The lowest BCUT2D eigenvalue weighted by atomic mass is 10.2. The predicted octanol–water partition coefficient (Wildman–Crippen LogP) is 1.04. The van der Waals surface area contributed by atoms with Gasteiger partial charge in [0.25, 0.3) is 0 Å². The van der Waals surface area contributed by atoms with Gasteiger partial charge < -0.3 is 14.3 Å². The molecule has 0 aromatic carbocycles. The second kappa shape index (κ2) is 9.05. The zero-order chi connectivity index (χ0) is 20.9. The van der Waals surface area contributed by atoms with Crippen LogP contribution in [-0.2, 0) is 21.4 Å². The topological polar surface area (TPSA) is 120 Å². The molecule has 0 radical (unpaired) electrons. The molecule has 2 rings (SSSR count). The zero-order valence-electron chi connectivity index (χ0n) is 16.4. The molecule has 0 aliphatic heterocycles. The van der Waals surface area contributed by atoms with Gasteiger partial charge in [-0.2, -0.15) is 5.26 Å². The average molecular weight is 407 g/mol. The average Bonchev–Trinajstić information content (AvgIpc) is 3.17. The number of nitrogens with one attached hydrogen (secondary N) is 2. The minimum Gasteiger partial charge on any atom is -0.467 e. The van der Waals surface area contributed by atoms with E-state index in [1.807, 2.05) is 24.5 Å². The Kier molecular flexibility index (Phi) is 7.01. The molecule has 2 N–H and O–H groups in total. The highest BCUT2D eigenvalue weighted by Gasteiger charge is 2.20.